The molecule has 2 bridgehead atoms. The van der Waals surface area contributed by atoms with Crippen molar-refractivity contribution >= 4 is 11.9 Å². The van der Waals surface area contributed by atoms with Crippen LogP contribution in [0.1, 0.15) is 33.6 Å². The number of carbonyl (C=O) groups excluding carboxylic acids is 2. The van der Waals surface area contributed by atoms with E-state index >= 15 is 0 Å². The van der Waals surface area contributed by atoms with Crippen LogP contribution in [0.5, 0.6) is 0 Å². The highest BCUT2D eigenvalue weighted by atomic mass is 16.2. The molecule has 4 heteroatoms. The molecule has 0 aromatic heterocycles. The van der Waals surface area contributed by atoms with Crippen LogP contribution in [0.4, 0.5) is 4.79 Å². The largest absolute Gasteiger partial charge is 0.331 e. The summed E-state index contributed by atoms with van der Waals surface area (Å²) in [5.74, 6) is 1.01. The fraction of sp³-hybridized carbons (Fsp3) is 0.714. The molecule has 3 aliphatic carbocycles. The minimum absolute atomic E-state index is 0.0742. The Morgan fingerprint density at radius 3 is 2.44 bits per heavy atom. The van der Waals surface area contributed by atoms with E-state index in [9.17, 15) is 9.59 Å². The maximum absolute atomic E-state index is 12.2. The molecule has 0 radical (unpaired) electrons. The maximum Gasteiger partial charge on any atom is 0.331 e. The van der Waals surface area contributed by atoms with Gasteiger partial charge in [0, 0.05) is 18.7 Å². The van der Waals surface area contributed by atoms with E-state index in [2.05, 4.69) is 19.9 Å². The van der Waals surface area contributed by atoms with Gasteiger partial charge in [-0.25, -0.2) is 9.69 Å². The number of urea groups is 1. The summed E-state index contributed by atoms with van der Waals surface area (Å²) in [5.41, 5.74) is 1.18. The predicted molar refractivity (Wildman–Crippen MR) is 67.5 cm³/mol. The van der Waals surface area contributed by atoms with Crippen molar-refractivity contribution in [1.29, 1.82) is 0 Å². The number of likely N-dealkylation sites (N-methyl/N-ethyl adjacent to an activating group) is 1. The third kappa shape index (κ3) is 1.21. The van der Waals surface area contributed by atoms with Crippen LogP contribution in [0.2, 0.25) is 0 Å². The topological polar surface area (TPSA) is 40.6 Å². The molecule has 2 fully saturated rings. The van der Waals surface area contributed by atoms with Gasteiger partial charge in [-0.15, -0.1) is 0 Å². The van der Waals surface area contributed by atoms with Gasteiger partial charge in [-0.3, -0.25) is 4.79 Å². The van der Waals surface area contributed by atoms with Gasteiger partial charge < -0.3 is 4.90 Å². The SMILES string of the molecule is C[C@@H]1C(=O)N(C2=CCC3CC2C3(C)C)C(=O)N1C. The second-order valence-corrected chi connectivity index (χ2v) is 6.41. The van der Waals surface area contributed by atoms with Crippen molar-refractivity contribution < 1.29 is 9.59 Å². The van der Waals surface area contributed by atoms with E-state index in [1.54, 1.807) is 14.0 Å². The standard InChI is InChI=1S/C14H20N2O2/c1-8-12(17)16(13(18)15(8)4)11-6-5-9-7-10(11)14(9,2)3/h6,8-10H,5,7H2,1-4H3/t8-,9?,10?/m1/s1. The minimum Gasteiger partial charge on any atom is -0.315 e. The number of hydrogen-bond acceptors (Lipinski definition) is 2. The van der Waals surface area contributed by atoms with Gasteiger partial charge in [0.05, 0.1) is 0 Å². The molecule has 4 rings (SSSR count). The normalized spacial score (nSPS) is 37.8. The van der Waals surface area contributed by atoms with E-state index in [0.717, 1.165) is 18.5 Å². The maximum atomic E-state index is 12.2. The number of fused-ring (bicyclic) bond motifs is 1. The van der Waals surface area contributed by atoms with Crippen LogP contribution in [0, 0.1) is 17.3 Å². The van der Waals surface area contributed by atoms with Crippen LogP contribution in [0.3, 0.4) is 0 Å². The molecule has 0 aromatic rings. The second kappa shape index (κ2) is 3.37. The van der Waals surface area contributed by atoms with Crippen molar-refractivity contribution in [3.63, 3.8) is 0 Å². The number of allylic oxidation sites excluding steroid dienone is 2. The summed E-state index contributed by atoms with van der Waals surface area (Å²) in [4.78, 5) is 27.4. The number of nitrogens with zero attached hydrogens (tertiary/aromatic N) is 2. The van der Waals surface area contributed by atoms with Crippen molar-refractivity contribution in [1.82, 2.24) is 9.80 Å². The van der Waals surface area contributed by atoms with Crippen molar-refractivity contribution in [3.05, 3.63) is 11.8 Å². The lowest BCUT2D eigenvalue weighted by molar-refractivity contribution is -0.128. The molecular weight excluding hydrogens is 228 g/mol. The Morgan fingerprint density at radius 1 is 1.33 bits per heavy atom. The van der Waals surface area contributed by atoms with Gasteiger partial charge in [0.25, 0.3) is 5.91 Å². The quantitative estimate of drug-likeness (QED) is 0.668. The van der Waals surface area contributed by atoms with Gasteiger partial charge in [0.15, 0.2) is 0 Å². The summed E-state index contributed by atoms with van der Waals surface area (Å²) < 4.78 is 0. The molecule has 0 aromatic carbocycles. The van der Waals surface area contributed by atoms with Gasteiger partial charge in [-0.2, -0.15) is 0 Å². The number of hydrogen-bond donors (Lipinski definition) is 0. The summed E-state index contributed by atoms with van der Waals surface area (Å²) in [6.45, 7) is 6.28. The fourth-order valence-electron chi connectivity index (χ4n) is 3.58. The molecule has 0 N–H and O–H groups in total. The van der Waals surface area contributed by atoms with Crippen LogP contribution in [0.25, 0.3) is 0 Å². The van der Waals surface area contributed by atoms with E-state index in [-0.39, 0.29) is 23.4 Å². The van der Waals surface area contributed by atoms with Crippen molar-refractivity contribution in [2.75, 3.05) is 7.05 Å². The summed E-state index contributed by atoms with van der Waals surface area (Å²) >= 11 is 0. The zero-order chi connectivity index (χ0) is 13.2. The number of imide groups is 1. The molecule has 1 aliphatic heterocycles. The van der Waals surface area contributed by atoms with E-state index in [0.29, 0.717) is 11.8 Å². The molecule has 2 unspecified atom stereocenters. The van der Waals surface area contributed by atoms with Crippen LogP contribution in [-0.4, -0.2) is 34.8 Å². The van der Waals surface area contributed by atoms with Gasteiger partial charge in [0.2, 0.25) is 0 Å². The van der Waals surface area contributed by atoms with Crippen molar-refractivity contribution in [3.8, 4) is 0 Å². The monoisotopic (exact) mass is 248 g/mol. The molecule has 98 valence electrons. The first-order valence-corrected chi connectivity index (χ1v) is 6.66. The molecule has 3 amide bonds. The third-order valence-electron chi connectivity index (χ3n) is 5.35. The highest BCUT2D eigenvalue weighted by Gasteiger charge is 2.55. The molecule has 1 saturated carbocycles. The smallest absolute Gasteiger partial charge is 0.315 e. The van der Waals surface area contributed by atoms with Gasteiger partial charge in [0.1, 0.15) is 6.04 Å². The second-order valence-electron chi connectivity index (χ2n) is 6.41. The highest BCUT2D eigenvalue weighted by Crippen LogP contribution is 2.60. The summed E-state index contributed by atoms with van der Waals surface area (Å²) in [6, 6.07) is -0.501. The number of carbonyl (C=O) groups is 2. The van der Waals surface area contributed by atoms with Crippen molar-refractivity contribution in [2.24, 2.45) is 17.3 Å². The van der Waals surface area contributed by atoms with E-state index in [1.807, 2.05) is 0 Å². The van der Waals surface area contributed by atoms with Crippen LogP contribution in [0.15, 0.2) is 11.8 Å². The average molecular weight is 248 g/mol. The lowest BCUT2D eigenvalue weighted by Crippen LogP contribution is -2.52. The molecule has 4 aliphatic rings. The van der Waals surface area contributed by atoms with E-state index < -0.39 is 0 Å². The molecule has 0 spiro atoms. The Labute approximate surface area is 108 Å². The molecular formula is C14H20N2O2. The first-order chi connectivity index (χ1) is 8.35. The zero-order valence-corrected chi connectivity index (χ0v) is 11.4. The van der Waals surface area contributed by atoms with Gasteiger partial charge in [-0.1, -0.05) is 19.9 Å². The number of rotatable bonds is 1. The van der Waals surface area contributed by atoms with E-state index in [4.69, 9.17) is 0 Å². The number of amides is 3. The lowest BCUT2D eigenvalue weighted by atomic mass is 9.50. The summed E-state index contributed by atoms with van der Waals surface area (Å²) in [5, 5.41) is 0. The van der Waals surface area contributed by atoms with Crippen LogP contribution in [-0.2, 0) is 4.79 Å². The molecule has 1 heterocycles. The Kier molecular flexibility index (Phi) is 2.20. The average Bonchev–Trinajstić information content (AvgIpc) is 2.54. The first-order valence-electron chi connectivity index (χ1n) is 6.66. The molecule has 1 saturated heterocycles. The summed E-state index contributed by atoms with van der Waals surface area (Å²) in [7, 11) is 1.70. The summed E-state index contributed by atoms with van der Waals surface area (Å²) in [6.07, 6.45) is 4.22. The molecule has 4 nitrogen and oxygen atoms in total. The molecule has 3 atom stereocenters. The Balaban J connectivity index is 1.95. The first kappa shape index (κ1) is 11.8. The zero-order valence-electron chi connectivity index (χ0n) is 11.4. The Bertz CT molecular complexity index is 446. The van der Waals surface area contributed by atoms with E-state index in [1.165, 1.54) is 9.80 Å². The third-order valence-corrected chi connectivity index (χ3v) is 5.35. The Hall–Kier alpha value is -1.32. The van der Waals surface area contributed by atoms with Gasteiger partial charge in [-0.05, 0) is 31.1 Å². The highest BCUT2D eigenvalue weighted by molar-refractivity contribution is 6.05. The van der Waals surface area contributed by atoms with Crippen LogP contribution >= 0.6 is 0 Å². The lowest BCUT2D eigenvalue weighted by Gasteiger charge is -2.57. The van der Waals surface area contributed by atoms with Crippen LogP contribution < -0.4 is 0 Å². The Morgan fingerprint density at radius 2 is 2.00 bits per heavy atom. The predicted octanol–water partition coefficient (Wildman–Crippen LogP) is 2.22. The minimum atomic E-state index is -0.334. The van der Waals surface area contributed by atoms with Gasteiger partial charge >= 0.3 is 6.03 Å². The molecule has 18 heavy (non-hydrogen) atoms. The fourth-order valence-corrected chi connectivity index (χ4v) is 3.58. The van der Waals surface area contributed by atoms with Crippen molar-refractivity contribution in [2.45, 2.75) is 39.7 Å².